The minimum Gasteiger partial charge on any atom is -0.347 e. The van der Waals surface area contributed by atoms with Crippen LogP contribution in [0.1, 0.15) is 42.0 Å². The van der Waals surface area contributed by atoms with Crippen molar-refractivity contribution in [3.63, 3.8) is 0 Å². The molecule has 0 spiro atoms. The van der Waals surface area contributed by atoms with Crippen LogP contribution in [0.4, 0.5) is 0 Å². The third-order valence-corrected chi connectivity index (χ3v) is 3.39. The summed E-state index contributed by atoms with van der Waals surface area (Å²) in [6, 6.07) is 0. The fraction of sp³-hybridized carbons (Fsp3) is 0.500. The maximum atomic E-state index is 12.4. The van der Waals surface area contributed by atoms with E-state index in [9.17, 15) is 4.79 Å². The summed E-state index contributed by atoms with van der Waals surface area (Å²) in [5, 5.41) is 4.09. The van der Waals surface area contributed by atoms with E-state index in [1.807, 2.05) is 20.8 Å². The summed E-state index contributed by atoms with van der Waals surface area (Å²) in [7, 11) is 1.75. The monoisotopic (exact) mass is 279 g/mol. The van der Waals surface area contributed by atoms with Crippen molar-refractivity contribution in [2.75, 3.05) is 7.05 Å². The third kappa shape index (κ3) is 2.98. The van der Waals surface area contributed by atoms with Gasteiger partial charge in [-0.3, -0.25) is 4.79 Å². The number of nitrogens with zero attached hydrogens (tertiary/aromatic N) is 4. The number of imidazole rings is 1. The topological polar surface area (TPSA) is 74.8 Å². The molecule has 2 aromatic rings. The van der Waals surface area contributed by atoms with Crippen molar-refractivity contribution in [1.29, 1.82) is 0 Å². The zero-order valence-corrected chi connectivity index (χ0v) is 12.3. The largest absolute Gasteiger partial charge is 0.347 e. The van der Waals surface area contributed by atoms with Gasteiger partial charge in [0.1, 0.15) is 10.7 Å². The number of hydrogen-bond donors (Lipinski definition) is 1. The lowest BCUT2D eigenvalue weighted by molar-refractivity contribution is 0.0784. The summed E-state index contributed by atoms with van der Waals surface area (Å²) in [5.41, 5.74) is 0.553. The molecule has 0 saturated heterocycles. The van der Waals surface area contributed by atoms with Gasteiger partial charge >= 0.3 is 0 Å². The lowest BCUT2D eigenvalue weighted by atomic mass is 9.91. The Labute approximate surface area is 116 Å². The summed E-state index contributed by atoms with van der Waals surface area (Å²) in [6.45, 7) is 6.50. The molecule has 0 unspecified atom stereocenters. The minimum absolute atomic E-state index is 0.0728. The quantitative estimate of drug-likeness (QED) is 0.930. The number of carbonyl (C=O) groups excluding carboxylic acids is 1. The Morgan fingerprint density at radius 1 is 1.47 bits per heavy atom. The average molecular weight is 279 g/mol. The van der Waals surface area contributed by atoms with Crippen molar-refractivity contribution >= 4 is 17.4 Å². The van der Waals surface area contributed by atoms with E-state index in [4.69, 9.17) is 0 Å². The Hall–Kier alpha value is -1.76. The van der Waals surface area contributed by atoms with Gasteiger partial charge in [0.25, 0.3) is 5.91 Å². The first-order valence-corrected chi connectivity index (χ1v) is 6.73. The van der Waals surface area contributed by atoms with Gasteiger partial charge in [-0.1, -0.05) is 25.3 Å². The van der Waals surface area contributed by atoms with Crippen molar-refractivity contribution in [1.82, 2.24) is 24.5 Å². The molecular formula is C12H17N5OS. The maximum absolute atomic E-state index is 12.4. The molecule has 0 saturated carbocycles. The third-order valence-electron chi connectivity index (χ3n) is 2.68. The fourth-order valence-corrected chi connectivity index (χ4v) is 2.55. The molecule has 6 nitrogen and oxygen atoms in total. The van der Waals surface area contributed by atoms with Crippen molar-refractivity contribution in [3.05, 3.63) is 28.8 Å². The van der Waals surface area contributed by atoms with Gasteiger partial charge in [-0.15, -0.1) is 5.10 Å². The van der Waals surface area contributed by atoms with E-state index in [0.717, 1.165) is 23.1 Å². The van der Waals surface area contributed by atoms with Crippen molar-refractivity contribution in [2.24, 2.45) is 0 Å². The second-order valence-electron chi connectivity index (χ2n) is 5.40. The number of aromatic nitrogens is 4. The highest BCUT2D eigenvalue weighted by atomic mass is 32.1. The van der Waals surface area contributed by atoms with Crippen LogP contribution in [0.25, 0.3) is 0 Å². The molecule has 0 aliphatic rings. The Bertz CT molecular complexity index is 555. The van der Waals surface area contributed by atoms with Crippen LogP contribution in [0.3, 0.4) is 0 Å². The zero-order chi connectivity index (χ0) is 14.0. The van der Waals surface area contributed by atoms with Crippen LogP contribution < -0.4 is 0 Å². The van der Waals surface area contributed by atoms with Gasteiger partial charge in [-0.05, 0) is 11.5 Å². The summed E-state index contributed by atoms with van der Waals surface area (Å²) >= 11 is 1.14. The van der Waals surface area contributed by atoms with Crippen LogP contribution >= 0.6 is 11.5 Å². The van der Waals surface area contributed by atoms with Gasteiger partial charge in [-0.25, -0.2) is 4.98 Å². The molecule has 0 radical (unpaired) electrons. The average Bonchev–Trinajstić information content (AvgIpc) is 2.96. The SMILES string of the molecule is CN(Cc1ncc[nH]1)C(=O)c1snnc1C(C)(C)C. The van der Waals surface area contributed by atoms with E-state index in [0.29, 0.717) is 11.4 Å². The van der Waals surface area contributed by atoms with Gasteiger partial charge in [0.2, 0.25) is 0 Å². The number of rotatable bonds is 3. The van der Waals surface area contributed by atoms with E-state index >= 15 is 0 Å². The van der Waals surface area contributed by atoms with Crippen LogP contribution in [0.2, 0.25) is 0 Å². The normalized spacial score (nSPS) is 11.6. The number of nitrogens with one attached hydrogen (secondary N) is 1. The molecule has 7 heteroatoms. The highest BCUT2D eigenvalue weighted by Gasteiger charge is 2.28. The number of hydrogen-bond acceptors (Lipinski definition) is 5. The molecule has 1 amide bonds. The highest BCUT2D eigenvalue weighted by molar-refractivity contribution is 7.08. The molecule has 0 atom stereocenters. The molecule has 0 fully saturated rings. The summed E-state index contributed by atoms with van der Waals surface area (Å²) in [4.78, 5) is 21.7. The van der Waals surface area contributed by atoms with Crippen LogP contribution in [0, 0.1) is 0 Å². The van der Waals surface area contributed by atoms with Crippen molar-refractivity contribution < 1.29 is 4.79 Å². The molecule has 0 aliphatic carbocycles. The predicted molar refractivity (Wildman–Crippen MR) is 73.0 cm³/mol. The second-order valence-corrected chi connectivity index (χ2v) is 6.15. The molecule has 0 bridgehead atoms. The number of carbonyl (C=O) groups is 1. The van der Waals surface area contributed by atoms with Crippen molar-refractivity contribution in [3.8, 4) is 0 Å². The van der Waals surface area contributed by atoms with E-state index in [2.05, 4.69) is 19.6 Å². The summed E-state index contributed by atoms with van der Waals surface area (Å²) < 4.78 is 3.91. The van der Waals surface area contributed by atoms with Gasteiger partial charge in [-0.2, -0.15) is 0 Å². The van der Waals surface area contributed by atoms with Gasteiger partial charge in [0.05, 0.1) is 12.2 Å². The molecular weight excluding hydrogens is 262 g/mol. The maximum Gasteiger partial charge on any atom is 0.267 e. The first kappa shape index (κ1) is 13.7. The highest BCUT2D eigenvalue weighted by Crippen LogP contribution is 2.26. The van der Waals surface area contributed by atoms with E-state index in [-0.39, 0.29) is 11.3 Å². The van der Waals surface area contributed by atoms with Crippen molar-refractivity contribution in [2.45, 2.75) is 32.7 Å². The molecule has 2 rings (SSSR count). The fourth-order valence-electron chi connectivity index (χ4n) is 1.68. The van der Waals surface area contributed by atoms with E-state index in [1.165, 1.54) is 0 Å². The molecule has 2 aromatic heterocycles. The van der Waals surface area contributed by atoms with Gasteiger partial charge in [0.15, 0.2) is 0 Å². The molecule has 1 N–H and O–H groups in total. The second kappa shape index (κ2) is 5.08. The first-order valence-electron chi connectivity index (χ1n) is 5.96. The molecule has 0 aromatic carbocycles. The van der Waals surface area contributed by atoms with Crippen LogP contribution in [-0.2, 0) is 12.0 Å². The molecule has 19 heavy (non-hydrogen) atoms. The van der Waals surface area contributed by atoms with Crippen LogP contribution in [0.5, 0.6) is 0 Å². The molecule has 0 aliphatic heterocycles. The summed E-state index contributed by atoms with van der Waals surface area (Å²) in [6.07, 6.45) is 3.41. The minimum atomic E-state index is -0.191. The Balaban J connectivity index is 2.18. The number of aromatic amines is 1. The van der Waals surface area contributed by atoms with Gasteiger partial charge in [0, 0.05) is 24.9 Å². The lowest BCUT2D eigenvalue weighted by Gasteiger charge is -2.19. The molecule has 102 valence electrons. The van der Waals surface area contributed by atoms with Crippen LogP contribution in [0.15, 0.2) is 12.4 Å². The predicted octanol–water partition coefficient (Wildman–Crippen LogP) is 1.83. The standard InChI is InChI=1S/C12H17N5OS/c1-12(2,3)10-9(19-16-15-10)11(18)17(4)7-8-13-5-6-14-8/h5-6H,7H2,1-4H3,(H,13,14). The van der Waals surface area contributed by atoms with Crippen LogP contribution in [-0.4, -0.2) is 37.4 Å². The van der Waals surface area contributed by atoms with E-state index < -0.39 is 0 Å². The summed E-state index contributed by atoms with van der Waals surface area (Å²) in [5.74, 6) is 0.682. The smallest absolute Gasteiger partial charge is 0.267 e. The first-order chi connectivity index (χ1) is 8.89. The van der Waals surface area contributed by atoms with E-state index in [1.54, 1.807) is 24.3 Å². The lowest BCUT2D eigenvalue weighted by Crippen LogP contribution is -2.28. The number of amides is 1. The Morgan fingerprint density at radius 3 is 2.79 bits per heavy atom. The van der Waals surface area contributed by atoms with Gasteiger partial charge < -0.3 is 9.88 Å². The Kier molecular flexibility index (Phi) is 3.66. The zero-order valence-electron chi connectivity index (χ0n) is 11.5. The molecule has 2 heterocycles. The Morgan fingerprint density at radius 2 is 2.21 bits per heavy atom. The number of H-pyrrole nitrogens is 1.